The molecule has 0 aliphatic rings. The van der Waals surface area contributed by atoms with Crippen molar-refractivity contribution >= 4 is 34.3 Å². The lowest BCUT2D eigenvalue weighted by molar-refractivity contribution is 0.415. The second-order valence-corrected chi connectivity index (χ2v) is 6.45. The molecule has 0 spiro atoms. The number of ether oxygens (including phenoxy) is 1. The molecule has 0 saturated carbocycles. The maximum absolute atomic E-state index is 12.4. The first-order valence-corrected chi connectivity index (χ1v) is 8.28. The third-order valence-electron chi connectivity index (χ3n) is 3.94. The summed E-state index contributed by atoms with van der Waals surface area (Å²) in [4.78, 5) is 21.2. The number of hydrogen-bond donors (Lipinski definition) is 1. The number of nitrogens with zero attached hydrogens (tertiary/aromatic N) is 3. The lowest BCUT2D eigenvalue weighted by Gasteiger charge is -2.15. The monoisotopic (exact) mass is 358 g/mol. The van der Waals surface area contributed by atoms with E-state index >= 15 is 0 Å². The van der Waals surface area contributed by atoms with Crippen molar-refractivity contribution in [1.82, 2.24) is 14.5 Å². The molecule has 2 aromatic heterocycles. The maximum atomic E-state index is 12.4. The van der Waals surface area contributed by atoms with Crippen molar-refractivity contribution in [3.05, 3.63) is 51.4 Å². The van der Waals surface area contributed by atoms with Crippen molar-refractivity contribution < 1.29 is 4.74 Å². The molecule has 0 radical (unpaired) electrons. The first-order valence-electron chi connectivity index (χ1n) is 7.90. The van der Waals surface area contributed by atoms with E-state index in [1.165, 1.54) is 0 Å². The molecular formula is C18H19ClN4O2. The molecule has 3 rings (SSSR count). The van der Waals surface area contributed by atoms with Gasteiger partial charge in [0.1, 0.15) is 16.4 Å². The van der Waals surface area contributed by atoms with Gasteiger partial charge in [-0.05, 0) is 38.5 Å². The Kier molecular flexibility index (Phi) is 4.63. The fourth-order valence-corrected chi connectivity index (χ4v) is 2.82. The van der Waals surface area contributed by atoms with Crippen molar-refractivity contribution in [3.63, 3.8) is 0 Å². The Balaban J connectivity index is 2.11. The van der Waals surface area contributed by atoms with Crippen LogP contribution in [0.5, 0.6) is 5.75 Å². The highest BCUT2D eigenvalue weighted by Crippen LogP contribution is 2.25. The minimum absolute atomic E-state index is 0.0741. The number of benzene rings is 1. The van der Waals surface area contributed by atoms with Crippen molar-refractivity contribution in [2.24, 2.45) is 0 Å². The van der Waals surface area contributed by atoms with Crippen LogP contribution < -0.4 is 15.6 Å². The molecule has 0 bridgehead atoms. The lowest BCUT2D eigenvalue weighted by Crippen LogP contribution is -2.23. The SMILES string of the molecule is COc1ccc(C)c(Nc2ncc3cc(Cl)c(=O)n(C(C)C)c3n2)c1. The number of aryl methyl sites for hydroxylation is 1. The first kappa shape index (κ1) is 17.2. The number of methoxy groups -OCH3 is 1. The summed E-state index contributed by atoms with van der Waals surface area (Å²) in [6, 6.07) is 7.24. The van der Waals surface area contributed by atoms with Gasteiger partial charge in [-0.1, -0.05) is 17.7 Å². The number of halogens is 1. The third kappa shape index (κ3) is 3.30. The molecule has 0 amide bonds. The van der Waals surface area contributed by atoms with Gasteiger partial charge < -0.3 is 10.1 Å². The van der Waals surface area contributed by atoms with E-state index in [0.29, 0.717) is 17.0 Å². The van der Waals surface area contributed by atoms with Gasteiger partial charge in [0.25, 0.3) is 5.56 Å². The van der Waals surface area contributed by atoms with Crippen LogP contribution in [0, 0.1) is 6.92 Å². The highest BCUT2D eigenvalue weighted by molar-refractivity contribution is 6.31. The first-order chi connectivity index (χ1) is 11.9. The Morgan fingerprint density at radius 1 is 1.28 bits per heavy atom. The van der Waals surface area contributed by atoms with Crippen LogP contribution in [0.25, 0.3) is 11.0 Å². The molecule has 0 atom stereocenters. The molecule has 6 nitrogen and oxygen atoms in total. The molecule has 0 unspecified atom stereocenters. The summed E-state index contributed by atoms with van der Waals surface area (Å²) in [5, 5.41) is 4.06. The molecule has 0 aliphatic carbocycles. The van der Waals surface area contributed by atoms with E-state index in [2.05, 4.69) is 15.3 Å². The molecule has 0 aliphatic heterocycles. The molecule has 0 saturated heterocycles. The average molecular weight is 359 g/mol. The van der Waals surface area contributed by atoms with Crippen LogP contribution in [0.15, 0.2) is 35.3 Å². The van der Waals surface area contributed by atoms with Gasteiger partial charge in [-0.3, -0.25) is 9.36 Å². The maximum Gasteiger partial charge on any atom is 0.271 e. The van der Waals surface area contributed by atoms with Crippen molar-refractivity contribution in [1.29, 1.82) is 0 Å². The molecule has 0 fully saturated rings. The summed E-state index contributed by atoms with van der Waals surface area (Å²) in [6.07, 6.45) is 1.66. The van der Waals surface area contributed by atoms with E-state index in [1.54, 1.807) is 23.9 Å². The van der Waals surface area contributed by atoms with Crippen LogP contribution in [0.3, 0.4) is 0 Å². The van der Waals surface area contributed by atoms with Crippen LogP contribution >= 0.6 is 11.6 Å². The van der Waals surface area contributed by atoms with E-state index in [-0.39, 0.29) is 16.6 Å². The zero-order valence-corrected chi connectivity index (χ0v) is 15.3. The second kappa shape index (κ2) is 6.72. The number of aromatic nitrogens is 3. The molecule has 130 valence electrons. The molecular weight excluding hydrogens is 340 g/mol. The van der Waals surface area contributed by atoms with Crippen LogP contribution in [0.1, 0.15) is 25.5 Å². The fourth-order valence-electron chi connectivity index (χ4n) is 2.61. The highest BCUT2D eigenvalue weighted by Gasteiger charge is 2.13. The quantitative estimate of drug-likeness (QED) is 0.760. The summed E-state index contributed by atoms with van der Waals surface area (Å²) in [6.45, 7) is 5.81. The van der Waals surface area contributed by atoms with Gasteiger partial charge in [-0.25, -0.2) is 4.98 Å². The van der Waals surface area contributed by atoms with E-state index in [0.717, 1.165) is 17.0 Å². The minimum Gasteiger partial charge on any atom is -0.497 e. The number of rotatable bonds is 4. The Morgan fingerprint density at radius 3 is 2.72 bits per heavy atom. The molecule has 2 heterocycles. The van der Waals surface area contributed by atoms with Gasteiger partial charge in [0.15, 0.2) is 0 Å². The zero-order chi connectivity index (χ0) is 18.1. The summed E-state index contributed by atoms with van der Waals surface area (Å²) in [7, 11) is 1.62. The van der Waals surface area contributed by atoms with Crippen LogP contribution in [-0.2, 0) is 0 Å². The summed E-state index contributed by atoms with van der Waals surface area (Å²) >= 11 is 6.04. The Bertz CT molecular complexity index is 998. The van der Waals surface area contributed by atoms with E-state index in [9.17, 15) is 4.79 Å². The summed E-state index contributed by atoms with van der Waals surface area (Å²) in [5.74, 6) is 1.14. The van der Waals surface area contributed by atoms with Gasteiger partial charge in [0, 0.05) is 29.4 Å². The second-order valence-electron chi connectivity index (χ2n) is 6.04. The lowest BCUT2D eigenvalue weighted by atomic mass is 10.2. The van der Waals surface area contributed by atoms with E-state index in [4.69, 9.17) is 16.3 Å². The molecule has 7 heteroatoms. The largest absolute Gasteiger partial charge is 0.497 e. The van der Waals surface area contributed by atoms with Crippen LogP contribution in [-0.4, -0.2) is 21.6 Å². The minimum atomic E-state index is -0.258. The molecule has 25 heavy (non-hydrogen) atoms. The summed E-state index contributed by atoms with van der Waals surface area (Å²) in [5.41, 5.74) is 2.15. The molecule has 1 aromatic carbocycles. The van der Waals surface area contributed by atoms with Crippen molar-refractivity contribution in [2.45, 2.75) is 26.8 Å². The number of nitrogens with one attached hydrogen (secondary N) is 1. The van der Waals surface area contributed by atoms with Gasteiger partial charge in [0.2, 0.25) is 5.95 Å². The zero-order valence-electron chi connectivity index (χ0n) is 14.5. The topological polar surface area (TPSA) is 69.0 Å². The molecule has 1 N–H and O–H groups in total. The number of hydrogen-bond acceptors (Lipinski definition) is 5. The Labute approximate surface area is 150 Å². The van der Waals surface area contributed by atoms with Crippen LogP contribution in [0.4, 0.5) is 11.6 Å². The van der Waals surface area contributed by atoms with Gasteiger partial charge in [0.05, 0.1) is 7.11 Å². The number of pyridine rings is 1. The molecule has 3 aromatic rings. The van der Waals surface area contributed by atoms with Crippen molar-refractivity contribution in [2.75, 3.05) is 12.4 Å². The van der Waals surface area contributed by atoms with E-state index in [1.807, 2.05) is 39.0 Å². The van der Waals surface area contributed by atoms with Crippen LogP contribution in [0.2, 0.25) is 5.02 Å². The van der Waals surface area contributed by atoms with Gasteiger partial charge >= 0.3 is 0 Å². The smallest absolute Gasteiger partial charge is 0.271 e. The fraction of sp³-hybridized carbons (Fsp3) is 0.278. The Hall–Kier alpha value is -2.60. The van der Waals surface area contributed by atoms with Crippen molar-refractivity contribution in [3.8, 4) is 5.75 Å². The summed E-state index contributed by atoms with van der Waals surface area (Å²) < 4.78 is 6.83. The normalized spacial score (nSPS) is 11.1. The number of anilines is 2. The predicted octanol–water partition coefficient (Wildman–Crippen LogP) is 4.09. The predicted molar refractivity (Wildman–Crippen MR) is 100 cm³/mol. The standard InChI is InChI=1S/C18H19ClN4O2/c1-10(2)23-16-12(7-14(19)17(23)24)9-20-18(22-16)21-15-8-13(25-4)6-5-11(15)3/h5-10H,1-4H3,(H,20,21,22). The highest BCUT2D eigenvalue weighted by atomic mass is 35.5. The average Bonchev–Trinajstić information content (AvgIpc) is 2.58. The van der Waals surface area contributed by atoms with Gasteiger partial charge in [-0.15, -0.1) is 0 Å². The van der Waals surface area contributed by atoms with E-state index < -0.39 is 0 Å². The Morgan fingerprint density at radius 2 is 2.04 bits per heavy atom. The third-order valence-corrected chi connectivity index (χ3v) is 4.21. The van der Waals surface area contributed by atoms with Gasteiger partial charge in [-0.2, -0.15) is 4.98 Å². The number of fused-ring (bicyclic) bond motifs is 1.